The number of aromatic nitrogens is 6. The average Bonchev–Trinajstić information content (AvgIpc) is 2.98. The highest BCUT2D eigenvalue weighted by atomic mass is 15.4. The highest BCUT2D eigenvalue weighted by Crippen LogP contribution is 2.25. The third kappa shape index (κ3) is 1.50. The monoisotopic (exact) mass is 240 g/mol. The molecule has 6 nitrogen and oxygen atoms in total. The lowest BCUT2D eigenvalue weighted by molar-refractivity contribution is 0.645. The third-order valence-electron chi connectivity index (χ3n) is 2.86. The number of H-pyrrole nitrogens is 1. The van der Waals surface area contributed by atoms with E-state index in [1.165, 1.54) is 6.33 Å². The molecule has 0 aliphatic rings. The summed E-state index contributed by atoms with van der Waals surface area (Å²) in [6, 6.07) is 1.94. The summed E-state index contributed by atoms with van der Waals surface area (Å²) < 4.78 is 1.79. The Balaban J connectivity index is 2.20. The molecule has 0 spiro atoms. The summed E-state index contributed by atoms with van der Waals surface area (Å²) in [7, 11) is 0. The van der Waals surface area contributed by atoms with Crippen LogP contribution in [0, 0.1) is 6.92 Å². The third-order valence-corrected chi connectivity index (χ3v) is 2.86. The summed E-state index contributed by atoms with van der Waals surface area (Å²) in [4.78, 5) is 11.5. The van der Waals surface area contributed by atoms with Crippen LogP contribution in [0.4, 0.5) is 0 Å². The Hall–Kier alpha value is -2.50. The van der Waals surface area contributed by atoms with Gasteiger partial charge in [-0.15, -0.1) is 11.7 Å². The van der Waals surface area contributed by atoms with Crippen LogP contribution in [0.1, 0.15) is 5.69 Å². The first kappa shape index (κ1) is 10.6. The van der Waals surface area contributed by atoms with Crippen molar-refractivity contribution < 1.29 is 0 Å². The molecule has 0 saturated carbocycles. The Morgan fingerprint density at radius 1 is 1.39 bits per heavy atom. The average molecular weight is 240 g/mol. The molecule has 3 aromatic rings. The number of fused-ring (bicyclic) bond motifs is 1. The van der Waals surface area contributed by atoms with Crippen LogP contribution in [0.5, 0.6) is 0 Å². The Kier molecular flexibility index (Phi) is 2.40. The normalized spacial score (nSPS) is 10.9. The predicted molar refractivity (Wildman–Crippen MR) is 67.8 cm³/mol. The van der Waals surface area contributed by atoms with Crippen molar-refractivity contribution in [3.63, 3.8) is 0 Å². The summed E-state index contributed by atoms with van der Waals surface area (Å²) >= 11 is 0. The van der Waals surface area contributed by atoms with Gasteiger partial charge >= 0.3 is 0 Å². The molecular weight excluding hydrogens is 228 g/mol. The van der Waals surface area contributed by atoms with E-state index >= 15 is 0 Å². The fourth-order valence-corrected chi connectivity index (χ4v) is 1.94. The number of nitrogens with one attached hydrogen (secondary N) is 1. The van der Waals surface area contributed by atoms with Crippen LogP contribution < -0.4 is 0 Å². The van der Waals surface area contributed by atoms with Crippen molar-refractivity contribution in [3.8, 4) is 11.4 Å². The zero-order valence-corrected chi connectivity index (χ0v) is 9.96. The van der Waals surface area contributed by atoms with Gasteiger partial charge in [-0.1, -0.05) is 11.3 Å². The van der Waals surface area contributed by atoms with Crippen LogP contribution in [-0.2, 0) is 6.54 Å². The van der Waals surface area contributed by atoms with Crippen molar-refractivity contribution in [1.82, 2.24) is 29.9 Å². The standard InChI is InChI=1S/C12H12N6/c1-3-6-18-8(2)10(16-17-18)11-9-4-5-13-12(9)15-7-14-11/h3-5,7H,1,6H2,2H3,(H,13,14,15). The second kappa shape index (κ2) is 4.06. The number of allylic oxidation sites excluding steroid dienone is 1. The zero-order valence-electron chi connectivity index (χ0n) is 9.96. The smallest absolute Gasteiger partial charge is 0.141 e. The Morgan fingerprint density at radius 2 is 2.28 bits per heavy atom. The van der Waals surface area contributed by atoms with Crippen LogP contribution >= 0.6 is 0 Å². The maximum atomic E-state index is 4.31. The second-order valence-corrected chi connectivity index (χ2v) is 3.96. The number of aromatic amines is 1. The van der Waals surface area contributed by atoms with E-state index in [1.807, 2.05) is 19.2 Å². The van der Waals surface area contributed by atoms with Crippen molar-refractivity contribution in [1.29, 1.82) is 0 Å². The summed E-state index contributed by atoms with van der Waals surface area (Å²) in [6.07, 6.45) is 5.16. The van der Waals surface area contributed by atoms with Gasteiger partial charge in [-0.3, -0.25) is 0 Å². The fraction of sp³-hybridized carbons (Fsp3) is 0.167. The zero-order chi connectivity index (χ0) is 12.5. The van der Waals surface area contributed by atoms with Crippen molar-refractivity contribution in [2.75, 3.05) is 0 Å². The second-order valence-electron chi connectivity index (χ2n) is 3.96. The van der Waals surface area contributed by atoms with Gasteiger partial charge in [-0.2, -0.15) is 0 Å². The van der Waals surface area contributed by atoms with E-state index in [0.29, 0.717) is 6.54 Å². The molecule has 0 aromatic carbocycles. The van der Waals surface area contributed by atoms with Crippen LogP contribution in [-0.4, -0.2) is 29.9 Å². The van der Waals surface area contributed by atoms with Gasteiger partial charge in [0.2, 0.25) is 0 Å². The number of nitrogens with zero attached hydrogens (tertiary/aromatic N) is 5. The molecule has 0 bridgehead atoms. The molecule has 6 heteroatoms. The van der Waals surface area contributed by atoms with Crippen molar-refractivity contribution in [2.45, 2.75) is 13.5 Å². The van der Waals surface area contributed by atoms with Gasteiger partial charge in [0.15, 0.2) is 0 Å². The predicted octanol–water partition coefficient (Wildman–Crippen LogP) is 1.71. The van der Waals surface area contributed by atoms with Crippen molar-refractivity contribution in [2.24, 2.45) is 0 Å². The summed E-state index contributed by atoms with van der Waals surface area (Å²) in [5.74, 6) is 0. The largest absolute Gasteiger partial charge is 0.346 e. The molecule has 3 aromatic heterocycles. The number of hydrogen-bond donors (Lipinski definition) is 1. The lowest BCUT2D eigenvalue weighted by Gasteiger charge is -2.00. The quantitative estimate of drug-likeness (QED) is 0.707. The van der Waals surface area contributed by atoms with Gasteiger partial charge in [-0.25, -0.2) is 14.6 Å². The molecule has 18 heavy (non-hydrogen) atoms. The molecule has 3 rings (SSSR count). The maximum absolute atomic E-state index is 4.31. The van der Waals surface area contributed by atoms with E-state index < -0.39 is 0 Å². The molecule has 0 aliphatic carbocycles. The van der Waals surface area contributed by atoms with Crippen molar-refractivity contribution in [3.05, 3.63) is 36.9 Å². The van der Waals surface area contributed by atoms with Gasteiger partial charge in [0.1, 0.15) is 23.4 Å². The first-order valence-corrected chi connectivity index (χ1v) is 5.60. The van der Waals surface area contributed by atoms with Gasteiger partial charge in [0.05, 0.1) is 12.2 Å². The Morgan fingerprint density at radius 3 is 3.11 bits per heavy atom. The van der Waals surface area contributed by atoms with E-state index in [1.54, 1.807) is 10.8 Å². The van der Waals surface area contributed by atoms with Crippen molar-refractivity contribution >= 4 is 11.0 Å². The molecule has 90 valence electrons. The van der Waals surface area contributed by atoms with Crippen LogP contribution in [0.25, 0.3) is 22.4 Å². The van der Waals surface area contributed by atoms with Crippen LogP contribution in [0.15, 0.2) is 31.2 Å². The lowest BCUT2D eigenvalue weighted by atomic mass is 10.2. The molecule has 0 fully saturated rings. The van der Waals surface area contributed by atoms with E-state index in [-0.39, 0.29) is 0 Å². The molecule has 3 heterocycles. The topological polar surface area (TPSA) is 72.3 Å². The first-order valence-electron chi connectivity index (χ1n) is 5.60. The highest BCUT2D eigenvalue weighted by Gasteiger charge is 2.14. The van der Waals surface area contributed by atoms with Gasteiger partial charge in [-0.05, 0) is 13.0 Å². The van der Waals surface area contributed by atoms with Gasteiger partial charge in [0, 0.05) is 11.6 Å². The Labute approximate surface area is 103 Å². The SMILES string of the molecule is C=CCn1nnc(-c2ncnc3[nH]ccc23)c1C. The minimum absolute atomic E-state index is 0.639. The summed E-state index contributed by atoms with van der Waals surface area (Å²) in [5.41, 5.74) is 3.35. The van der Waals surface area contributed by atoms with E-state index in [0.717, 1.165) is 28.1 Å². The Bertz CT molecular complexity index is 708. The number of rotatable bonds is 3. The van der Waals surface area contributed by atoms with E-state index in [2.05, 4.69) is 31.8 Å². The van der Waals surface area contributed by atoms with Crippen LogP contribution in [0.3, 0.4) is 0 Å². The first-order chi connectivity index (χ1) is 8.81. The minimum atomic E-state index is 0.639. The van der Waals surface area contributed by atoms with E-state index in [4.69, 9.17) is 0 Å². The highest BCUT2D eigenvalue weighted by molar-refractivity contribution is 5.89. The molecule has 0 unspecified atom stereocenters. The fourth-order valence-electron chi connectivity index (χ4n) is 1.94. The van der Waals surface area contributed by atoms with Crippen LogP contribution in [0.2, 0.25) is 0 Å². The van der Waals surface area contributed by atoms with E-state index in [9.17, 15) is 0 Å². The molecule has 0 saturated heterocycles. The number of hydrogen-bond acceptors (Lipinski definition) is 4. The van der Waals surface area contributed by atoms with Gasteiger partial charge in [0.25, 0.3) is 0 Å². The minimum Gasteiger partial charge on any atom is -0.346 e. The molecule has 0 aliphatic heterocycles. The summed E-state index contributed by atoms with van der Waals surface area (Å²) in [5, 5.41) is 9.24. The molecule has 1 N–H and O–H groups in total. The lowest BCUT2D eigenvalue weighted by Crippen LogP contribution is -1.99. The molecular formula is C12H12N6. The molecule has 0 radical (unpaired) electrons. The van der Waals surface area contributed by atoms with Gasteiger partial charge < -0.3 is 4.98 Å². The summed E-state index contributed by atoms with van der Waals surface area (Å²) in [6.45, 7) is 6.31. The molecule has 0 amide bonds. The molecule has 0 atom stereocenters. The maximum Gasteiger partial charge on any atom is 0.141 e.